The molecule has 0 N–H and O–H groups in total. The van der Waals surface area contributed by atoms with Gasteiger partial charge in [0.1, 0.15) is 0 Å². The zero-order valence-electron chi connectivity index (χ0n) is 8.24. The number of nitrogens with zero attached hydrogens (tertiary/aromatic N) is 1. The van der Waals surface area contributed by atoms with Crippen LogP contribution >= 0.6 is 11.6 Å². The Bertz CT molecular complexity index is 434. The van der Waals surface area contributed by atoms with E-state index in [1.165, 1.54) is 24.3 Å². The number of benzene rings is 1. The molecule has 0 fully saturated rings. The summed E-state index contributed by atoms with van der Waals surface area (Å²) < 4.78 is 8.16. The molecule has 0 saturated carbocycles. The molecule has 0 saturated heterocycles. The quantitative estimate of drug-likeness (QED) is 0.207. The highest BCUT2D eigenvalue weighted by molar-refractivity contribution is 6.61. The largest absolute Gasteiger partial charge is 0.522 e. The zero-order valence-corrected chi connectivity index (χ0v) is 8.99. The van der Waals surface area contributed by atoms with Crippen LogP contribution in [0.25, 0.3) is 0 Å². The minimum Gasteiger partial charge on any atom is -0.361 e. The van der Waals surface area contributed by atoms with Gasteiger partial charge in [-0.15, -0.1) is 0 Å². The van der Waals surface area contributed by atoms with Crippen molar-refractivity contribution in [3.63, 3.8) is 0 Å². The number of carbonyl (C=O) groups is 2. The summed E-state index contributed by atoms with van der Waals surface area (Å²) in [5, 5.41) is 10.7. The fourth-order valence-corrected chi connectivity index (χ4v) is 1.09. The molecule has 0 heterocycles. The highest BCUT2D eigenvalue weighted by Gasteiger charge is 2.28. The molecule has 90 valence electrons. The number of nitro groups is 1. The van der Waals surface area contributed by atoms with Crippen LogP contribution < -0.4 is 0 Å². The summed E-state index contributed by atoms with van der Waals surface area (Å²) >= 11 is 4.75. The van der Waals surface area contributed by atoms with Crippen molar-refractivity contribution in [2.75, 3.05) is 0 Å². The maximum absolute atomic E-state index is 10.9. The molecule has 1 unspecified atom stereocenters. The summed E-state index contributed by atoms with van der Waals surface area (Å²) in [6.45, 7) is 0. The Kier molecular flexibility index (Phi) is 4.41. The fourth-order valence-electron chi connectivity index (χ4n) is 1.03. The Morgan fingerprint density at radius 1 is 1.29 bits per heavy atom. The van der Waals surface area contributed by atoms with Crippen LogP contribution in [0.1, 0.15) is 11.8 Å². The van der Waals surface area contributed by atoms with Gasteiger partial charge >= 0.3 is 17.8 Å². The van der Waals surface area contributed by atoms with Crippen LogP contribution in [0.4, 0.5) is 9.59 Å². The molecule has 17 heavy (non-hydrogen) atoms. The molecule has 1 aromatic carbocycles. The van der Waals surface area contributed by atoms with Crippen molar-refractivity contribution in [1.82, 2.24) is 0 Å². The van der Waals surface area contributed by atoms with Gasteiger partial charge in [0.2, 0.25) is 0 Å². The fraction of sp³-hybridized carbons (Fsp3) is 0.111. The number of carbonyl (C=O) groups excluding carboxylic acids is 2. The molecular weight excluding hydrogens is 254 g/mol. The van der Waals surface area contributed by atoms with E-state index in [1.807, 2.05) is 0 Å². The molecule has 0 aliphatic rings. The van der Waals surface area contributed by atoms with Crippen molar-refractivity contribution >= 4 is 23.2 Å². The highest BCUT2D eigenvalue weighted by atomic mass is 35.5. The molecular formula is C9H6ClNO6. The Balaban J connectivity index is 2.78. The van der Waals surface area contributed by atoms with Crippen molar-refractivity contribution in [1.29, 1.82) is 0 Å². The number of halogens is 1. The Labute approximate surface area is 100 Å². The summed E-state index contributed by atoms with van der Waals surface area (Å²) in [6, 6.07) is 7.49. The van der Waals surface area contributed by atoms with Crippen molar-refractivity contribution in [3.05, 3.63) is 46.0 Å². The minimum absolute atomic E-state index is 0.136. The molecule has 0 aliphatic carbocycles. The Morgan fingerprint density at radius 2 is 1.88 bits per heavy atom. The first kappa shape index (κ1) is 12.9. The van der Waals surface area contributed by atoms with E-state index in [1.54, 1.807) is 6.07 Å². The molecule has 0 spiro atoms. The van der Waals surface area contributed by atoms with Crippen LogP contribution in [0.15, 0.2) is 30.3 Å². The van der Waals surface area contributed by atoms with Gasteiger partial charge in [-0.3, -0.25) is 10.1 Å². The van der Waals surface area contributed by atoms with Crippen LogP contribution in [-0.2, 0) is 9.47 Å². The van der Waals surface area contributed by atoms with E-state index in [0.29, 0.717) is 0 Å². The van der Waals surface area contributed by atoms with Crippen LogP contribution in [0.2, 0.25) is 0 Å². The molecule has 1 rings (SSSR count). The number of rotatable bonds is 3. The van der Waals surface area contributed by atoms with Gasteiger partial charge in [0.05, 0.1) is 10.5 Å². The maximum Gasteiger partial charge on any atom is 0.522 e. The summed E-state index contributed by atoms with van der Waals surface area (Å²) in [6.07, 6.45) is -3.28. The van der Waals surface area contributed by atoms with E-state index in [-0.39, 0.29) is 5.56 Å². The van der Waals surface area contributed by atoms with E-state index in [2.05, 4.69) is 9.47 Å². The smallest absolute Gasteiger partial charge is 0.361 e. The third-order valence-corrected chi connectivity index (χ3v) is 1.72. The van der Waals surface area contributed by atoms with Crippen LogP contribution in [-0.4, -0.2) is 16.5 Å². The van der Waals surface area contributed by atoms with Crippen molar-refractivity contribution in [2.24, 2.45) is 0 Å². The van der Waals surface area contributed by atoms with E-state index >= 15 is 0 Å². The molecule has 0 aromatic heterocycles. The molecule has 0 aliphatic heterocycles. The predicted molar refractivity (Wildman–Crippen MR) is 55.0 cm³/mol. The number of hydrogen-bond donors (Lipinski definition) is 0. The summed E-state index contributed by atoms with van der Waals surface area (Å²) in [7, 11) is 0. The number of hydrogen-bond acceptors (Lipinski definition) is 6. The topological polar surface area (TPSA) is 95.7 Å². The second-order valence-electron chi connectivity index (χ2n) is 2.76. The Morgan fingerprint density at radius 3 is 2.35 bits per heavy atom. The molecule has 8 heteroatoms. The third-order valence-electron chi connectivity index (χ3n) is 1.65. The third kappa shape index (κ3) is 4.07. The summed E-state index contributed by atoms with van der Waals surface area (Å²) in [5.74, 6) is 0. The van der Waals surface area contributed by atoms with Gasteiger partial charge in [0.25, 0.3) is 0 Å². The van der Waals surface area contributed by atoms with Crippen molar-refractivity contribution in [3.8, 4) is 0 Å². The van der Waals surface area contributed by atoms with Gasteiger partial charge < -0.3 is 9.47 Å². The summed E-state index contributed by atoms with van der Waals surface area (Å²) in [5.41, 5.74) is -1.29. The maximum atomic E-state index is 10.9. The SMILES string of the molecule is O=C(Cl)OC(=O)OC(c1ccccc1)[N+](=O)[O-]. The first-order chi connectivity index (χ1) is 8.00. The molecule has 0 bridgehead atoms. The van der Waals surface area contributed by atoms with Gasteiger partial charge in [0.15, 0.2) is 0 Å². The second-order valence-corrected chi connectivity index (χ2v) is 3.06. The second kappa shape index (κ2) is 5.80. The highest BCUT2D eigenvalue weighted by Crippen LogP contribution is 2.18. The van der Waals surface area contributed by atoms with E-state index in [9.17, 15) is 19.7 Å². The van der Waals surface area contributed by atoms with E-state index in [0.717, 1.165) is 0 Å². The van der Waals surface area contributed by atoms with Gasteiger partial charge in [0, 0.05) is 11.6 Å². The van der Waals surface area contributed by atoms with Gasteiger partial charge in [-0.05, 0) is 12.1 Å². The first-order valence-electron chi connectivity index (χ1n) is 4.27. The molecule has 0 radical (unpaired) electrons. The lowest BCUT2D eigenvalue weighted by atomic mass is 10.2. The molecule has 0 amide bonds. The van der Waals surface area contributed by atoms with Crippen LogP contribution in [0.3, 0.4) is 0 Å². The monoisotopic (exact) mass is 259 g/mol. The van der Waals surface area contributed by atoms with Crippen LogP contribution in [0, 0.1) is 10.1 Å². The minimum atomic E-state index is -1.75. The van der Waals surface area contributed by atoms with Crippen molar-refractivity contribution < 1.29 is 24.0 Å². The lowest BCUT2D eigenvalue weighted by Gasteiger charge is -2.09. The standard InChI is InChI=1S/C9H6ClNO6/c10-8(12)17-9(13)16-7(11(14)15)6-4-2-1-3-5-6/h1-5,7H. The average Bonchev–Trinajstić information content (AvgIpc) is 2.25. The lowest BCUT2D eigenvalue weighted by Crippen LogP contribution is -2.20. The van der Waals surface area contributed by atoms with E-state index < -0.39 is 22.7 Å². The van der Waals surface area contributed by atoms with Crippen LogP contribution in [0.5, 0.6) is 0 Å². The first-order valence-corrected chi connectivity index (χ1v) is 4.65. The van der Waals surface area contributed by atoms with Crippen molar-refractivity contribution in [2.45, 2.75) is 6.23 Å². The molecule has 1 aromatic rings. The molecule has 1 atom stereocenters. The van der Waals surface area contributed by atoms with Gasteiger partial charge in [-0.2, -0.15) is 0 Å². The summed E-state index contributed by atoms with van der Waals surface area (Å²) in [4.78, 5) is 30.9. The average molecular weight is 260 g/mol. The molecule has 7 nitrogen and oxygen atoms in total. The normalized spacial score (nSPS) is 11.4. The van der Waals surface area contributed by atoms with Gasteiger partial charge in [-0.25, -0.2) is 9.59 Å². The number of ether oxygens (including phenoxy) is 2. The predicted octanol–water partition coefficient (Wildman–Crippen LogP) is 2.47. The zero-order chi connectivity index (χ0) is 12.8. The lowest BCUT2D eigenvalue weighted by molar-refractivity contribution is -0.575. The van der Waals surface area contributed by atoms with Gasteiger partial charge in [-0.1, -0.05) is 18.2 Å². The Hall–Kier alpha value is -2.15. The van der Waals surface area contributed by atoms with E-state index in [4.69, 9.17) is 11.6 Å².